The van der Waals surface area contributed by atoms with Crippen LogP contribution in [0.3, 0.4) is 0 Å². The van der Waals surface area contributed by atoms with Crippen molar-refractivity contribution in [3.63, 3.8) is 0 Å². The fourth-order valence-electron chi connectivity index (χ4n) is 3.41. The summed E-state index contributed by atoms with van der Waals surface area (Å²) in [5.74, 6) is 0.00511. The van der Waals surface area contributed by atoms with Crippen molar-refractivity contribution in [2.75, 3.05) is 19.0 Å². The van der Waals surface area contributed by atoms with Crippen molar-refractivity contribution >= 4 is 28.9 Å². The van der Waals surface area contributed by atoms with Gasteiger partial charge in [0, 0.05) is 16.1 Å². The number of anilines is 1. The Morgan fingerprint density at radius 1 is 1.06 bits per heavy atom. The first-order chi connectivity index (χ1) is 16.1. The van der Waals surface area contributed by atoms with Crippen molar-refractivity contribution in [2.24, 2.45) is 0 Å². The summed E-state index contributed by atoms with van der Waals surface area (Å²) in [5.41, 5.74) is 2.96. The van der Waals surface area contributed by atoms with Crippen molar-refractivity contribution in [1.29, 1.82) is 0 Å². The minimum Gasteiger partial charge on any atom is -0.494 e. The van der Waals surface area contributed by atoms with Crippen LogP contribution in [-0.4, -0.2) is 35.4 Å². The molecule has 168 valence electrons. The third-order valence-corrected chi connectivity index (χ3v) is 5.74. The number of methoxy groups -OCH3 is 1. The lowest BCUT2D eigenvalue weighted by Gasteiger charge is -2.12. The molecular weight excluding hydrogens is 438 g/mol. The van der Waals surface area contributed by atoms with Gasteiger partial charge in [0.15, 0.2) is 5.69 Å². The van der Waals surface area contributed by atoms with E-state index < -0.39 is 5.97 Å². The monoisotopic (exact) mass is 461 g/mol. The summed E-state index contributed by atoms with van der Waals surface area (Å²) in [6, 6.07) is 20.4. The van der Waals surface area contributed by atoms with Crippen LogP contribution in [-0.2, 0) is 16.0 Å². The van der Waals surface area contributed by atoms with E-state index in [1.54, 1.807) is 36.1 Å². The van der Waals surface area contributed by atoms with Crippen LogP contribution in [0.1, 0.15) is 22.3 Å². The molecule has 0 spiro atoms. The zero-order valence-electron chi connectivity index (χ0n) is 18.3. The van der Waals surface area contributed by atoms with E-state index in [-0.39, 0.29) is 18.2 Å². The summed E-state index contributed by atoms with van der Waals surface area (Å²) in [5, 5.41) is 9.39. The molecule has 7 nitrogen and oxygen atoms in total. The molecule has 2 aromatic heterocycles. The minimum atomic E-state index is -0.507. The fourth-order valence-corrected chi connectivity index (χ4v) is 4.12. The molecule has 2 heterocycles. The number of nitrogens with zero attached hydrogens (tertiary/aromatic N) is 2. The van der Waals surface area contributed by atoms with Crippen LogP contribution in [0.25, 0.3) is 16.9 Å². The Bertz CT molecular complexity index is 1260. The Kier molecular flexibility index (Phi) is 6.85. The first-order valence-corrected chi connectivity index (χ1v) is 11.3. The summed E-state index contributed by atoms with van der Waals surface area (Å²) in [7, 11) is 1.58. The van der Waals surface area contributed by atoms with Crippen LogP contribution in [0.15, 0.2) is 72.1 Å². The number of carbonyl (C=O) groups is 2. The molecule has 2 aromatic carbocycles. The van der Waals surface area contributed by atoms with E-state index in [9.17, 15) is 9.59 Å². The summed E-state index contributed by atoms with van der Waals surface area (Å²) in [6.07, 6.45) is 0.314. The van der Waals surface area contributed by atoms with E-state index in [0.717, 1.165) is 10.4 Å². The van der Waals surface area contributed by atoms with E-state index in [1.807, 2.05) is 66.0 Å². The maximum atomic E-state index is 12.5. The first kappa shape index (κ1) is 22.3. The van der Waals surface area contributed by atoms with E-state index in [2.05, 4.69) is 10.4 Å². The number of benzene rings is 2. The van der Waals surface area contributed by atoms with Crippen molar-refractivity contribution < 1.29 is 19.1 Å². The Morgan fingerprint density at radius 2 is 1.91 bits per heavy atom. The highest BCUT2D eigenvalue weighted by molar-refractivity contribution is 7.10. The second-order valence-electron chi connectivity index (χ2n) is 7.10. The van der Waals surface area contributed by atoms with E-state index in [1.165, 1.54) is 0 Å². The molecule has 0 unspecified atom stereocenters. The molecule has 0 aliphatic rings. The quantitative estimate of drug-likeness (QED) is 0.375. The van der Waals surface area contributed by atoms with Gasteiger partial charge in [0.05, 0.1) is 25.8 Å². The van der Waals surface area contributed by atoms with Gasteiger partial charge >= 0.3 is 5.97 Å². The predicted molar refractivity (Wildman–Crippen MR) is 128 cm³/mol. The molecule has 0 bridgehead atoms. The third kappa shape index (κ3) is 5.12. The molecular formula is C25H23N3O4S. The molecule has 8 heteroatoms. The number of hydrogen-bond donors (Lipinski definition) is 1. The molecule has 4 aromatic rings. The number of ether oxygens (including phenoxy) is 2. The minimum absolute atomic E-state index is 0.0972. The molecule has 0 aliphatic carbocycles. The van der Waals surface area contributed by atoms with Gasteiger partial charge in [-0.3, -0.25) is 4.79 Å². The van der Waals surface area contributed by atoms with E-state index in [0.29, 0.717) is 29.2 Å². The Labute approximate surface area is 195 Å². The summed E-state index contributed by atoms with van der Waals surface area (Å²) in [4.78, 5) is 25.9. The lowest BCUT2D eigenvalue weighted by Crippen LogP contribution is -2.13. The van der Waals surface area contributed by atoms with Gasteiger partial charge in [-0.2, -0.15) is 5.10 Å². The Balaban J connectivity index is 1.71. The number of amides is 1. The van der Waals surface area contributed by atoms with Crippen LogP contribution in [0.4, 0.5) is 5.69 Å². The van der Waals surface area contributed by atoms with Gasteiger partial charge in [0.2, 0.25) is 5.91 Å². The van der Waals surface area contributed by atoms with Crippen LogP contribution in [0.5, 0.6) is 5.75 Å². The number of aromatic nitrogens is 2. The largest absolute Gasteiger partial charge is 0.494 e. The van der Waals surface area contributed by atoms with Crippen molar-refractivity contribution in [3.05, 3.63) is 82.7 Å². The Hall–Kier alpha value is -3.91. The van der Waals surface area contributed by atoms with Crippen LogP contribution in [0.2, 0.25) is 0 Å². The standard InChI is InChI=1S/C25H23N3O4S/c1-3-32-25(30)20-16-22(28(27-20)21-11-4-5-12-23(21)31-2)17-8-6-9-18(14-17)26-24(29)15-19-10-7-13-33-19/h4-14,16H,3,15H2,1-2H3,(H,26,29). The molecule has 0 saturated heterocycles. The summed E-state index contributed by atoms with van der Waals surface area (Å²) >= 11 is 1.55. The fraction of sp³-hybridized carbons (Fsp3) is 0.160. The number of carbonyl (C=O) groups excluding carboxylic acids is 2. The second kappa shape index (κ2) is 10.1. The average molecular weight is 462 g/mol. The van der Waals surface area contributed by atoms with E-state index in [4.69, 9.17) is 9.47 Å². The summed E-state index contributed by atoms with van der Waals surface area (Å²) in [6.45, 7) is 2.00. The van der Waals surface area contributed by atoms with Gasteiger partial charge in [-0.25, -0.2) is 9.48 Å². The third-order valence-electron chi connectivity index (χ3n) is 4.86. The highest BCUT2D eigenvalue weighted by atomic mass is 32.1. The van der Waals surface area contributed by atoms with Crippen molar-refractivity contribution in [2.45, 2.75) is 13.3 Å². The molecule has 0 fully saturated rings. The normalized spacial score (nSPS) is 10.6. The topological polar surface area (TPSA) is 82.5 Å². The average Bonchev–Trinajstić information content (AvgIpc) is 3.49. The highest BCUT2D eigenvalue weighted by Gasteiger charge is 2.20. The zero-order valence-corrected chi connectivity index (χ0v) is 19.1. The van der Waals surface area contributed by atoms with Crippen LogP contribution < -0.4 is 10.1 Å². The molecule has 0 atom stereocenters. The molecule has 33 heavy (non-hydrogen) atoms. The maximum absolute atomic E-state index is 12.5. The van der Waals surface area contributed by atoms with Gasteiger partial charge in [0.25, 0.3) is 0 Å². The number of rotatable bonds is 8. The van der Waals surface area contributed by atoms with Gasteiger partial charge < -0.3 is 14.8 Å². The molecule has 0 aliphatic heterocycles. The van der Waals surface area contributed by atoms with Crippen LogP contribution in [0, 0.1) is 0 Å². The second-order valence-corrected chi connectivity index (χ2v) is 8.14. The number of nitrogens with one attached hydrogen (secondary N) is 1. The number of hydrogen-bond acceptors (Lipinski definition) is 6. The maximum Gasteiger partial charge on any atom is 0.358 e. The number of para-hydroxylation sites is 2. The molecule has 0 saturated carbocycles. The zero-order chi connectivity index (χ0) is 23.2. The highest BCUT2D eigenvalue weighted by Crippen LogP contribution is 2.30. The van der Waals surface area contributed by atoms with Gasteiger partial charge in [0.1, 0.15) is 11.4 Å². The smallest absolute Gasteiger partial charge is 0.358 e. The molecule has 4 rings (SSSR count). The predicted octanol–water partition coefficient (Wildman–Crippen LogP) is 4.97. The van der Waals surface area contributed by atoms with Crippen molar-refractivity contribution in [3.8, 4) is 22.7 Å². The van der Waals surface area contributed by atoms with Gasteiger partial charge in [-0.1, -0.05) is 30.3 Å². The summed E-state index contributed by atoms with van der Waals surface area (Å²) < 4.78 is 12.3. The molecule has 1 N–H and O–H groups in total. The lowest BCUT2D eigenvalue weighted by atomic mass is 10.1. The number of thiophene rings is 1. The SMILES string of the molecule is CCOC(=O)c1cc(-c2cccc(NC(=O)Cc3cccs3)c2)n(-c2ccccc2OC)n1. The first-order valence-electron chi connectivity index (χ1n) is 10.4. The number of esters is 1. The van der Waals surface area contributed by atoms with Crippen molar-refractivity contribution in [1.82, 2.24) is 9.78 Å². The Morgan fingerprint density at radius 3 is 2.67 bits per heavy atom. The van der Waals surface area contributed by atoms with Crippen LogP contribution >= 0.6 is 11.3 Å². The molecule has 0 radical (unpaired) electrons. The molecule has 1 amide bonds. The van der Waals surface area contributed by atoms with E-state index >= 15 is 0 Å². The van der Waals surface area contributed by atoms with Gasteiger partial charge in [-0.15, -0.1) is 11.3 Å². The lowest BCUT2D eigenvalue weighted by molar-refractivity contribution is -0.115. The van der Waals surface area contributed by atoms with Gasteiger partial charge in [-0.05, 0) is 48.7 Å².